The fraction of sp³-hybridized carbons (Fsp3) is 0.857. The number of nitrogens with one attached hydrogen (secondary N) is 2. The fourth-order valence-corrected chi connectivity index (χ4v) is 1.16. The number of hydrogen-bond acceptors (Lipinski definition) is 2. The van der Waals surface area contributed by atoms with Crippen molar-refractivity contribution in [1.82, 2.24) is 10.6 Å². The highest BCUT2D eigenvalue weighted by Crippen LogP contribution is 2.11. The third kappa shape index (κ3) is 2.08. The molecule has 64 valence electrons. The molecule has 0 radical (unpaired) electrons. The standard InChI is InChI=1S/C7H14N2O2/c1-5-6(3-4-11-5)9-7(10)8-2/h5-6H,3-4H2,1-2H3,(H2,8,9,10). The first-order chi connectivity index (χ1) is 5.24. The van der Waals surface area contributed by atoms with E-state index in [9.17, 15) is 4.79 Å². The minimum atomic E-state index is -0.132. The van der Waals surface area contributed by atoms with Crippen molar-refractivity contribution in [3.63, 3.8) is 0 Å². The monoisotopic (exact) mass is 158 g/mol. The Kier molecular flexibility index (Phi) is 2.70. The molecular weight excluding hydrogens is 144 g/mol. The Bertz CT molecular complexity index is 149. The lowest BCUT2D eigenvalue weighted by Crippen LogP contribution is -2.43. The average molecular weight is 158 g/mol. The Morgan fingerprint density at radius 3 is 2.82 bits per heavy atom. The molecule has 0 spiro atoms. The van der Waals surface area contributed by atoms with Gasteiger partial charge in [-0.15, -0.1) is 0 Å². The van der Waals surface area contributed by atoms with Crippen LogP contribution in [0.2, 0.25) is 0 Å². The zero-order chi connectivity index (χ0) is 8.27. The summed E-state index contributed by atoms with van der Waals surface area (Å²) in [6.07, 6.45) is 1.06. The summed E-state index contributed by atoms with van der Waals surface area (Å²) < 4.78 is 5.27. The van der Waals surface area contributed by atoms with Crippen LogP contribution in [0, 0.1) is 0 Å². The van der Waals surface area contributed by atoms with Crippen LogP contribution in [0.25, 0.3) is 0 Å². The minimum Gasteiger partial charge on any atom is -0.376 e. The summed E-state index contributed by atoms with van der Waals surface area (Å²) in [6, 6.07) is 0.0438. The van der Waals surface area contributed by atoms with Crippen LogP contribution in [0.3, 0.4) is 0 Å². The van der Waals surface area contributed by atoms with Crippen molar-refractivity contribution < 1.29 is 9.53 Å². The van der Waals surface area contributed by atoms with E-state index in [0.29, 0.717) is 0 Å². The molecule has 4 nitrogen and oxygen atoms in total. The maximum absolute atomic E-state index is 10.8. The van der Waals surface area contributed by atoms with Crippen molar-refractivity contribution >= 4 is 6.03 Å². The predicted octanol–water partition coefficient (Wildman–Crippen LogP) is 0.0928. The quantitative estimate of drug-likeness (QED) is 0.568. The predicted molar refractivity (Wildman–Crippen MR) is 41.4 cm³/mol. The molecule has 1 heterocycles. The Morgan fingerprint density at radius 2 is 2.36 bits per heavy atom. The maximum atomic E-state index is 10.8. The molecule has 0 saturated carbocycles. The summed E-state index contributed by atoms with van der Waals surface area (Å²) in [5, 5.41) is 5.31. The van der Waals surface area contributed by atoms with Gasteiger partial charge in [0.15, 0.2) is 0 Å². The first kappa shape index (κ1) is 8.33. The highest BCUT2D eigenvalue weighted by Gasteiger charge is 2.24. The molecule has 1 aliphatic rings. The van der Waals surface area contributed by atoms with Crippen molar-refractivity contribution in [3.8, 4) is 0 Å². The smallest absolute Gasteiger partial charge is 0.314 e. The van der Waals surface area contributed by atoms with E-state index in [1.807, 2.05) is 6.92 Å². The van der Waals surface area contributed by atoms with E-state index in [1.54, 1.807) is 7.05 Å². The SMILES string of the molecule is CNC(=O)NC1CCOC1C. The van der Waals surface area contributed by atoms with Gasteiger partial charge in [-0.25, -0.2) is 4.79 Å². The van der Waals surface area contributed by atoms with Gasteiger partial charge in [-0.2, -0.15) is 0 Å². The van der Waals surface area contributed by atoms with E-state index in [-0.39, 0.29) is 18.2 Å². The average Bonchev–Trinajstić information content (AvgIpc) is 2.37. The van der Waals surface area contributed by atoms with Gasteiger partial charge in [0, 0.05) is 13.7 Å². The Hall–Kier alpha value is -0.770. The molecule has 2 unspecified atom stereocenters. The summed E-state index contributed by atoms with van der Waals surface area (Å²) in [5.74, 6) is 0. The van der Waals surface area contributed by atoms with Crippen molar-refractivity contribution in [2.75, 3.05) is 13.7 Å². The van der Waals surface area contributed by atoms with Gasteiger partial charge < -0.3 is 15.4 Å². The number of carbonyl (C=O) groups is 1. The number of urea groups is 1. The van der Waals surface area contributed by atoms with Crippen LogP contribution in [-0.4, -0.2) is 31.8 Å². The van der Waals surface area contributed by atoms with Crippen LogP contribution < -0.4 is 10.6 Å². The molecule has 1 fully saturated rings. The Labute approximate surface area is 66.3 Å². The molecule has 1 rings (SSSR count). The second-order valence-corrected chi connectivity index (χ2v) is 2.69. The number of ether oxygens (including phenoxy) is 1. The van der Waals surface area contributed by atoms with Crippen molar-refractivity contribution in [2.45, 2.75) is 25.5 Å². The lowest BCUT2D eigenvalue weighted by molar-refractivity contribution is 0.114. The molecular formula is C7H14N2O2. The van der Waals surface area contributed by atoms with E-state index >= 15 is 0 Å². The number of amides is 2. The van der Waals surface area contributed by atoms with Gasteiger partial charge in [0.1, 0.15) is 0 Å². The van der Waals surface area contributed by atoms with Gasteiger partial charge in [0.25, 0.3) is 0 Å². The molecule has 4 heteroatoms. The Balaban J connectivity index is 2.30. The van der Waals surface area contributed by atoms with Crippen molar-refractivity contribution in [2.24, 2.45) is 0 Å². The normalized spacial score (nSPS) is 30.0. The first-order valence-electron chi connectivity index (χ1n) is 3.84. The van der Waals surface area contributed by atoms with E-state index < -0.39 is 0 Å². The molecule has 0 aromatic heterocycles. The van der Waals surface area contributed by atoms with Gasteiger partial charge in [-0.1, -0.05) is 0 Å². The van der Waals surface area contributed by atoms with Crippen LogP contribution >= 0.6 is 0 Å². The second-order valence-electron chi connectivity index (χ2n) is 2.69. The van der Waals surface area contributed by atoms with E-state index in [4.69, 9.17) is 4.74 Å². The molecule has 0 aromatic carbocycles. The molecule has 0 bridgehead atoms. The molecule has 2 amide bonds. The van der Waals surface area contributed by atoms with Gasteiger partial charge in [0.05, 0.1) is 12.1 Å². The number of hydrogen-bond donors (Lipinski definition) is 2. The first-order valence-corrected chi connectivity index (χ1v) is 3.84. The third-order valence-corrected chi connectivity index (χ3v) is 1.92. The van der Waals surface area contributed by atoms with E-state index in [1.165, 1.54) is 0 Å². The highest BCUT2D eigenvalue weighted by atomic mass is 16.5. The third-order valence-electron chi connectivity index (χ3n) is 1.92. The molecule has 1 aliphatic heterocycles. The maximum Gasteiger partial charge on any atom is 0.314 e. The van der Waals surface area contributed by atoms with Crippen molar-refractivity contribution in [1.29, 1.82) is 0 Å². The Morgan fingerprint density at radius 1 is 1.64 bits per heavy atom. The van der Waals surface area contributed by atoms with Crippen LogP contribution in [0.5, 0.6) is 0 Å². The molecule has 2 N–H and O–H groups in total. The molecule has 0 aliphatic carbocycles. The second kappa shape index (κ2) is 3.57. The topological polar surface area (TPSA) is 50.4 Å². The van der Waals surface area contributed by atoms with Gasteiger partial charge >= 0.3 is 6.03 Å². The molecule has 11 heavy (non-hydrogen) atoms. The lowest BCUT2D eigenvalue weighted by atomic mass is 10.2. The summed E-state index contributed by atoms with van der Waals surface area (Å²) in [6.45, 7) is 2.71. The number of rotatable bonds is 1. The van der Waals surface area contributed by atoms with Gasteiger partial charge in [0.2, 0.25) is 0 Å². The van der Waals surface area contributed by atoms with E-state index in [0.717, 1.165) is 13.0 Å². The zero-order valence-electron chi connectivity index (χ0n) is 6.89. The van der Waals surface area contributed by atoms with Gasteiger partial charge in [-0.3, -0.25) is 0 Å². The summed E-state index contributed by atoms with van der Waals surface area (Å²) in [5.41, 5.74) is 0. The van der Waals surface area contributed by atoms with Gasteiger partial charge in [-0.05, 0) is 13.3 Å². The molecule has 0 aromatic rings. The largest absolute Gasteiger partial charge is 0.376 e. The number of carbonyl (C=O) groups excluding carboxylic acids is 1. The fourth-order valence-electron chi connectivity index (χ4n) is 1.16. The minimum absolute atomic E-state index is 0.132. The summed E-state index contributed by atoms with van der Waals surface area (Å²) in [7, 11) is 1.61. The van der Waals surface area contributed by atoms with Crippen LogP contribution in [-0.2, 0) is 4.74 Å². The van der Waals surface area contributed by atoms with E-state index in [2.05, 4.69) is 10.6 Å². The zero-order valence-corrected chi connectivity index (χ0v) is 6.89. The summed E-state index contributed by atoms with van der Waals surface area (Å²) in [4.78, 5) is 10.8. The highest BCUT2D eigenvalue weighted by molar-refractivity contribution is 5.73. The van der Waals surface area contributed by atoms with Crippen LogP contribution in [0.1, 0.15) is 13.3 Å². The van der Waals surface area contributed by atoms with Crippen molar-refractivity contribution in [3.05, 3.63) is 0 Å². The molecule has 1 saturated heterocycles. The molecule has 2 atom stereocenters. The van der Waals surface area contributed by atoms with Crippen LogP contribution in [0.4, 0.5) is 4.79 Å². The van der Waals surface area contributed by atoms with Crippen LogP contribution in [0.15, 0.2) is 0 Å². The lowest BCUT2D eigenvalue weighted by Gasteiger charge is -2.14. The summed E-state index contributed by atoms with van der Waals surface area (Å²) >= 11 is 0.